The van der Waals surface area contributed by atoms with Crippen LogP contribution in [0.4, 0.5) is 5.69 Å². The van der Waals surface area contributed by atoms with Crippen molar-refractivity contribution in [3.05, 3.63) is 72.9 Å². The van der Waals surface area contributed by atoms with Gasteiger partial charge in [-0.15, -0.1) is 0 Å². The van der Waals surface area contributed by atoms with Gasteiger partial charge in [0.25, 0.3) is 10.0 Å². The quantitative estimate of drug-likeness (QED) is 0.531. The average Bonchev–Trinajstić information content (AvgIpc) is 3.13. The molecular weight excluding hydrogens is 370 g/mol. The number of nitrogens with zero attached hydrogens (tertiary/aromatic N) is 1. The number of nitrogens with two attached hydrogens (primary N) is 1. The molecule has 1 aromatic heterocycles. The normalized spacial score (nSPS) is 12.5. The van der Waals surface area contributed by atoms with Crippen LogP contribution in [0.5, 0.6) is 0 Å². The van der Waals surface area contributed by atoms with E-state index in [0.717, 1.165) is 21.7 Å². The molecule has 3 aromatic carbocycles. The summed E-state index contributed by atoms with van der Waals surface area (Å²) < 4.78 is 30.9. The molecule has 1 heterocycles. The second-order valence-corrected chi connectivity index (χ2v) is 9.24. The molecule has 0 aliphatic heterocycles. The van der Waals surface area contributed by atoms with Crippen molar-refractivity contribution in [2.45, 2.75) is 24.3 Å². The molecule has 0 saturated carbocycles. The first-order chi connectivity index (χ1) is 13.3. The zero-order valence-corrected chi connectivity index (χ0v) is 16.7. The zero-order valence-electron chi connectivity index (χ0n) is 15.9. The number of sulfonamides is 1. The van der Waals surface area contributed by atoms with Gasteiger partial charge in [0, 0.05) is 18.1 Å². The number of aromatic nitrogens is 1. The van der Waals surface area contributed by atoms with E-state index >= 15 is 0 Å². The first-order valence-corrected chi connectivity index (χ1v) is 10.6. The summed E-state index contributed by atoms with van der Waals surface area (Å²) >= 11 is 0. The van der Waals surface area contributed by atoms with Crippen LogP contribution in [-0.2, 0) is 15.6 Å². The average molecular weight is 394 g/mol. The van der Waals surface area contributed by atoms with E-state index in [1.54, 1.807) is 18.2 Å². The molecule has 0 radical (unpaired) electrons. The topological polar surface area (TPSA) is 77.1 Å². The van der Waals surface area contributed by atoms with Gasteiger partial charge in [0.1, 0.15) is 0 Å². The standard InChI is InChI=1S/C22H23N3O2S/c1-22(2,15-23)25-13-12-19-20(8-5-9-21(19)25)24-28(26,27)18-11-10-16-6-3-4-7-17(16)14-18/h3-14,24H,15,23H2,1-2H3. The lowest BCUT2D eigenvalue weighted by molar-refractivity contribution is 0.379. The predicted octanol–water partition coefficient (Wildman–Crippen LogP) is 4.29. The van der Waals surface area contributed by atoms with Gasteiger partial charge in [-0.2, -0.15) is 0 Å². The predicted molar refractivity (Wildman–Crippen MR) is 115 cm³/mol. The van der Waals surface area contributed by atoms with E-state index in [1.165, 1.54) is 0 Å². The molecule has 0 aliphatic rings. The first-order valence-electron chi connectivity index (χ1n) is 9.14. The van der Waals surface area contributed by atoms with E-state index in [2.05, 4.69) is 23.1 Å². The Hall–Kier alpha value is -2.83. The monoisotopic (exact) mass is 393 g/mol. The molecule has 0 bridgehead atoms. The van der Waals surface area contributed by atoms with Crippen molar-refractivity contribution < 1.29 is 8.42 Å². The van der Waals surface area contributed by atoms with Crippen LogP contribution < -0.4 is 10.5 Å². The van der Waals surface area contributed by atoms with Crippen molar-refractivity contribution >= 4 is 37.4 Å². The molecule has 0 spiro atoms. The van der Waals surface area contributed by atoms with E-state index in [9.17, 15) is 8.42 Å². The number of fused-ring (bicyclic) bond motifs is 2. The Kier molecular flexibility index (Phi) is 4.40. The number of hydrogen-bond donors (Lipinski definition) is 2. The van der Waals surface area contributed by atoms with Gasteiger partial charge in [0.05, 0.1) is 21.6 Å². The molecule has 0 atom stereocenters. The minimum Gasteiger partial charge on any atom is -0.341 e. The lowest BCUT2D eigenvalue weighted by Gasteiger charge is -2.26. The first kappa shape index (κ1) is 18.5. The van der Waals surface area contributed by atoms with E-state index < -0.39 is 10.0 Å². The Morgan fingerprint density at radius 2 is 1.71 bits per heavy atom. The van der Waals surface area contributed by atoms with E-state index in [4.69, 9.17) is 5.73 Å². The van der Waals surface area contributed by atoms with Crippen LogP contribution in [-0.4, -0.2) is 19.5 Å². The summed E-state index contributed by atoms with van der Waals surface area (Å²) in [5.41, 5.74) is 7.14. The summed E-state index contributed by atoms with van der Waals surface area (Å²) in [6.07, 6.45) is 1.95. The Labute approximate surface area is 164 Å². The molecule has 3 N–H and O–H groups in total. The summed E-state index contributed by atoms with van der Waals surface area (Å²) in [4.78, 5) is 0.241. The smallest absolute Gasteiger partial charge is 0.261 e. The van der Waals surface area contributed by atoms with Gasteiger partial charge in [-0.05, 0) is 55.0 Å². The van der Waals surface area contributed by atoms with Crippen molar-refractivity contribution in [3.63, 3.8) is 0 Å². The summed E-state index contributed by atoms with van der Waals surface area (Å²) in [5.74, 6) is 0. The molecule has 6 heteroatoms. The number of benzene rings is 3. The molecule has 4 aromatic rings. The maximum atomic E-state index is 13.0. The zero-order chi connectivity index (χ0) is 19.9. The third-order valence-corrected chi connectivity index (χ3v) is 6.52. The van der Waals surface area contributed by atoms with Crippen LogP contribution in [0, 0.1) is 0 Å². The second kappa shape index (κ2) is 6.65. The number of hydrogen-bond acceptors (Lipinski definition) is 3. The Bertz CT molecular complexity index is 1270. The molecule has 0 saturated heterocycles. The minimum absolute atomic E-state index is 0.241. The second-order valence-electron chi connectivity index (χ2n) is 7.56. The number of anilines is 1. The van der Waals surface area contributed by atoms with Crippen molar-refractivity contribution in [1.82, 2.24) is 4.57 Å². The van der Waals surface area contributed by atoms with Crippen LogP contribution >= 0.6 is 0 Å². The van der Waals surface area contributed by atoms with Crippen LogP contribution in [0.3, 0.4) is 0 Å². The van der Waals surface area contributed by atoms with Crippen molar-refractivity contribution in [2.75, 3.05) is 11.3 Å². The molecule has 5 nitrogen and oxygen atoms in total. The third-order valence-electron chi connectivity index (χ3n) is 5.16. The largest absolute Gasteiger partial charge is 0.341 e. The SMILES string of the molecule is CC(C)(CN)n1ccc2c(NS(=O)(=O)c3ccc4ccccc4c3)cccc21. The summed E-state index contributed by atoms with van der Waals surface area (Å²) in [6.45, 7) is 4.58. The molecule has 0 amide bonds. The fraction of sp³-hybridized carbons (Fsp3) is 0.182. The van der Waals surface area contributed by atoms with Gasteiger partial charge >= 0.3 is 0 Å². The van der Waals surface area contributed by atoms with Crippen LogP contribution in [0.25, 0.3) is 21.7 Å². The molecule has 0 unspecified atom stereocenters. The molecule has 0 fully saturated rings. The van der Waals surface area contributed by atoms with Gasteiger partial charge < -0.3 is 10.3 Å². The van der Waals surface area contributed by atoms with Crippen molar-refractivity contribution in [3.8, 4) is 0 Å². The van der Waals surface area contributed by atoms with Crippen molar-refractivity contribution in [1.29, 1.82) is 0 Å². The molecule has 144 valence electrons. The van der Waals surface area contributed by atoms with Crippen LogP contribution in [0.2, 0.25) is 0 Å². The molecule has 28 heavy (non-hydrogen) atoms. The van der Waals surface area contributed by atoms with E-state index in [1.807, 2.05) is 54.7 Å². The Morgan fingerprint density at radius 3 is 2.46 bits per heavy atom. The fourth-order valence-corrected chi connectivity index (χ4v) is 4.54. The highest BCUT2D eigenvalue weighted by atomic mass is 32.2. The maximum Gasteiger partial charge on any atom is 0.261 e. The van der Waals surface area contributed by atoms with Crippen molar-refractivity contribution in [2.24, 2.45) is 5.73 Å². The Balaban J connectivity index is 1.76. The lowest BCUT2D eigenvalue weighted by Crippen LogP contribution is -2.34. The van der Waals surface area contributed by atoms with Gasteiger partial charge in [-0.1, -0.05) is 36.4 Å². The summed E-state index contributed by atoms with van der Waals surface area (Å²) in [7, 11) is -3.71. The maximum absolute atomic E-state index is 13.0. The van der Waals surface area contributed by atoms with Crippen LogP contribution in [0.15, 0.2) is 77.8 Å². The summed E-state index contributed by atoms with van der Waals surface area (Å²) in [6, 6.07) is 20.4. The van der Waals surface area contributed by atoms with Gasteiger partial charge in [0.15, 0.2) is 0 Å². The fourth-order valence-electron chi connectivity index (χ4n) is 3.42. The van der Waals surface area contributed by atoms with Gasteiger partial charge in [-0.3, -0.25) is 4.72 Å². The molecule has 0 aliphatic carbocycles. The molecule has 4 rings (SSSR count). The minimum atomic E-state index is -3.71. The van der Waals surface area contributed by atoms with Gasteiger partial charge in [-0.25, -0.2) is 8.42 Å². The van der Waals surface area contributed by atoms with E-state index in [0.29, 0.717) is 12.2 Å². The lowest BCUT2D eigenvalue weighted by atomic mass is 10.1. The number of rotatable bonds is 5. The highest BCUT2D eigenvalue weighted by Gasteiger charge is 2.22. The highest BCUT2D eigenvalue weighted by Crippen LogP contribution is 2.30. The summed E-state index contributed by atoms with van der Waals surface area (Å²) in [5, 5.41) is 2.73. The van der Waals surface area contributed by atoms with E-state index in [-0.39, 0.29) is 10.4 Å². The van der Waals surface area contributed by atoms with Gasteiger partial charge in [0.2, 0.25) is 0 Å². The Morgan fingerprint density at radius 1 is 0.964 bits per heavy atom. The molecular formula is C22H23N3O2S. The third kappa shape index (κ3) is 3.15. The number of nitrogens with one attached hydrogen (secondary N) is 1. The van der Waals surface area contributed by atoms with Crippen LogP contribution in [0.1, 0.15) is 13.8 Å². The highest BCUT2D eigenvalue weighted by molar-refractivity contribution is 7.92.